The molecule has 8 heteroatoms. The van der Waals surface area contributed by atoms with Crippen LogP contribution in [0.15, 0.2) is 71.1 Å². The highest BCUT2D eigenvalue weighted by Crippen LogP contribution is 2.31. The Morgan fingerprint density at radius 1 is 0.812 bits per heavy atom. The minimum absolute atomic E-state index is 0.0757. The summed E-state index contributed by atoms with van der Waals surface area (Å²) in [5.41, 5.74) is 5.31. The van der Waals surface area contributed by atoms with Gasteiger partial charge in [-0.15, -0.1) is 11.3 Å². The van der Waals surface area contributed by atoms with Gasteiger partial charge in [-0.1, -0.05) is 47.2 Å². The molecule has 0 aliphatic carbocycles. The van der Waals surface area contributed by atoms with Crippen LogP contribution >= 0.6 is 23.1 Å². The largest absolute Gasteiger partial charge is 0.325 e. The van der Waals surface area contributed by atoms with Crippen LogP contribution in [0.25, 0.3) is 10.2 Å². The summed E-state index contributed by atoms with van der Waals surface area (Å²) in [6.45, 7) is 4.00. The first kappa shape index (κ1) is 21.9. The highest BCUT2D eigenvalue weighted by atomic mass is 32.2. The number of carbonyl (C=O) groups excluding carboxylic acids is 2. The van der Waals surface area contributed by atoms with Crippen molar-refractivity contribution < 1.29 is 9.59 Å². The van der Waals surface area contributed by atoms with E-state index >= 15 is 0 Å². The van der Waals surface area contributed by atoms with Gasteiger partial charge in [-0.05, 0) is 56.3 Å². The van der Waals surface area contributed by atoms with E-state index in [1.54, 1.807) is 0 Å². The summed E-state index contributed by atoms with van der Waals surface area (Å²) in [5, 5.41) is 8.55. The molecule has 0 radical (unpaired) electrons. The number of nitrogens with zero attached hydrogens (tertiary/aromatic N) is 1. The summed E-state index contributed by atoms with van der Waals surface area (Å²) >= 11 is 2.89. The van der Waals surface area contributed by atoms with Gasteiger partial charge in [0.25, 0.3) is 0 Å². The Kier molecular flexibility index (Phi) is 6.72. The number of benzene rings is 3. The molecule has 32 heavy (non-hydrogen) atoms. The second-order valence-electron chi connectivity index (χ2n) is 7.31. The first-order chi connectivity index (χ1) is 15.4. The third-order valence-corrected chi connectivity index (χ3v) is 6.76. The van der Waals surface area contributed by atoms with Crippen LogP contribution in [0, 0.1) is 13.8 Å². The normalized spacial score (nSPS) is 10.7. The van der Waals surface area contributed by atoms with Crippen LogP contribution in [0.3, 0.4) is 0 Å². The molecule has 0 saturated carbocycles. The maximum Gasteiger partial charge on any atom is 0.323 e. The van der Waals surface area contributed by atoms with E-state index in [2.05, 4.69) is 20.9 Å². The fourth-order valence-electron chi connectivity index (χ4n) is 2.93. The van der Waals surface area contributed by atoms with Crippen molar-refractivity contribution in [1.82, 2.24) is 4.98 Å². The maximum absolute atomic E-state index is 12.3. The van der Waals surface area contributed by atoms with Crippen LogP contribution in [0.5, 0.6) is 0 Å². The summed E-state index contributed by atoms with van der Waals surface area (Å²) < 4.78 is 1.75. The number of anilines is 3. The van der Waals surface area contributed by atoms with Gasteiger partial charge in [-0.25, -0.2) is 9.78 Å². The van der Waals surface area contributed by atoms with Crippen LogP contribution in [0.1, 0.15) is 11.1 Å². The lowest BCUT2D eigenvalue weighted by molar-refractivity contribution is -0.113. The van der Waals surface area contributed by atoms with Crippen LogP contribution < -0.4 is 16.0 Å². The smallest absolute Gasteiger partial charge is 0.323 e. The molecule has 162 valence electrons. The topological polar surface area (TPSA) is 83.1 Å². The second kappa shape index (κ2) is 9.84. The lowest BCUT2D eigenvalue weighted by Crippen LogP contribution is -2.19. The van der Waals surface area contributed by atoms with E-state index < -0.39 is 0 Å². The van der Waals surface area contributed by atoms with Gasteiger partial charge in [0.05, 0.1) is 16.0 Å². The molecule has 0 unspecified atom stereocenters. The lowest BCUT2D eigenvalue weighted by Gasteiger charge is -2.07. The summed E-state index contributed by atoms with van der Waals surface area (Å²) in [4.78, 5) is 29.1. The molecule has 6 nitrogen and oxygen atoms in total. The van der Waals surface area contributed by atoms with Crippen molar-refractivity contribution >= 4 is 62.3 Å². The number of thiazole rings is 1. The Morgan fingerprint density at radius 3 is 2.03 bits per heavy atom. The van der Waals surface area contributed by atoms with E-state index in [9.17, 15) is 9.59 Å². The van der Waals surface area contributed by atoms with E-state index in [0.29, 0.717) is 5.69 Å². The first-order valence-corrected chi connectivity index (χ1v) is 11.8. The van der Waals surface area contributed by atoms with Crippen LogP contribution in [-0.4, -0.2) is 22.7 Å². The zero-order chi connectivity index (χ0) is 22.5. The maximum atomic E-state index is 12.3. The average Bonchev–Trinajstić information content (AvgIpc) is 3.18. The number of hydrogen-bond acceptors (Lipinski definition) is 5. The van der Waals surface area contributed by atoms with Crippen LogP contribution in [0.2, 0.25) is 0 Å². The Bertz CT molecular complexity index is 1250. The quantitative estimate of drug-likeness (QED) is 0.294. The van der Waals surface area contributed by atoms with E-state index in [1.165, 1.54) is 23.1 Å². The number of thioether (sulfide) groups is 1. The number of hydrogen-bond donors (Lipinski definition) is 3. The molecular formula is C24H22N4O2S2. The molecule has 4 rings (SSSR count). The van der Waals surface area contributed by atoms with Crippen molar-refractivity contribution in [2.75, 3.05) is 21.7 Å². The highest BCUT2D eigenvalue weighted by molar-refractivity contribution is 8.01. The van der Waals surface area contributed by atoms with Crippen molar-refractivity contribution in [3.05, 3.63) is 77.9 Å². The van der Waals surface area contributed by atoms with Gasteiger partial charge in [-0.3, -0.25) is 4.79 Å². The fraction of sp³-hybridized carbons (Fsp3) is 0.125. The molecule has 0 aliphatic rings. The van der Waals surface area contributed by atoms with E-state index in [0.717, 1.165) is 37.1 Å². The van der Waals surface area contributed by atoms with Crippen molar-refractivity contribution in [2.45, 2.75) is 18.2 Å². The summed E-state index contributed by atoms with van der Waals surface area (Å²) in [5.74, 6) is 0.200. The minimum atomic E-state index is -0.305. The summed E-state index contributed by atoms with van der Waals surface area (Å²) in [6, 6.07) is 20.6. The third kappa shape index (κ3) is 5.87. The molecule has 0 bridgehead atoms. The third-order valence-electron chi connectivity index (χ3n) is 4.60. The number of carbonyl (C=O) groups is 2. The number of aryl methyl sites for hydroxylation is 2. The van der Waals surface area contributed by atoms with Gasteiger partial charge in [0, 0.05) is 17.1 Å². The van der Waals surface area contributed by atoms with Gasteiger partial charge in [0.1, 0.15) is 0 Å². The molecule has 0 spiro atoms. The number of urea groups is 1. The molecule has 0 saturated heterocycles. The number of rotatable bonds is 6. The van der Waals surface area contributed by atoms with Crippen molar-refractivity contribution in [1.29, 1.82) is 0 Å². The van der Waals surface area contributed by atoms with E-state index in [4.69, 9.17) is 0 Å². The number of amides is 3. The van der Waals surface area contributed by atoms with Gasteiger partial charge < -0.3 is 16.0 Å². The predicted molar refractivity (Wildman–Crippen MR) is 134 cm³/mol. The number of nitrogens with one attached hydrogen (secondary N) is 3. The standard InChI is InChI=1S/C24H22N4O2S2/c1-15-3-7-17(8-4-15)25-22(29)14-31-24-28-20-12-11-19(13-21(20)32-24)27-23(30)26-18-9-5-16(2)6-10-18/h3-13H,14H2,1-2H3,(H,25,29)(H2,26,27,30). The lowest BCUT2D eigenvalue weighted by atomic mass is 10.2. The van der Waals surface area contributed by atoms with Gasteiger partial charge in [0.15, 0.2) is 4.34 Å². The van der Waals surface area contributed by atoms with E-state index in [1.807, 2.05) is 80.6 Å². The predicted octanol–water partition coefficient (Wildman–Crippen LogP) is 6.29. The van der Waals surface area contributed by atoms with Crippen LogP contribution in [0.4, 0.5) is 21.9 Å². The molecule has 1 heterocycles. The Morgan fingerprint density at radius 2 is 1.38 bits per heavy atom. The molecule has 0 aliphatic heterocycles. The monoisotopic (exact) mass is 462 g/mol. The minimum Gasteiger partial charge on any atom is -0.325 e. The Labute approximate surface area is 194 Å². The van der Waals surface area contributed by atoms with Crippen molar-refractivity contribution in [3.8, 4) is 0 Å². The number of aromatic nitrogens is 1. The molecule has 3 aromatic carbocycles. The SMILES string of the molecule is Cc1ccc(NC(=O)CSc2nc3ccc(NC(=O)Nc4ccc(C)cc4)cc3s2)cc1. The van der Waals surface area contributed by atoms with Gasteiger partial charge >= 0.3 is 6.03 Å². The highest BCUT2D eigenvalue weighted by Gasteiger charge is 2.10. The first-order valence-electron chi connectivity index (χ1n) is 9.99. The average molecular weight is 463 g/mol. The number of fused-ring (bicyclic) bond motifs is 1. The molecule has 0 fully saturated rings. The van der Waals surface area contributed by atoms with Gasteiger partial charge in [0.2, 0.25) is 5.91 Å². The van der Waals surface area contributed by atoms with Crippen LogP contribution in [-0.2, 0) is 4.79 Å². The van der Waals surface area contributed by atoms with Crippen molar-refractivity contribution in [3.63, 3.8) is 0 Å². The molecular weight excluding hydrogens is 440 g/mol. The summed E-state index contributed by atoms with van der Waals surface area (Å²) in [6.07, 6.45) is 0. The molecule has 0 atom stereocenters. The molecule has 3 N–H and O–H groups in total. The zero-order valence-electron chi connectivity index (χ0n) is 17.6. The Hall–Kier alpha value is -3.36. The summed E-state index contributed by atoms with van der Waals surface area (Å²) in [7, 11) is 0. The Balaban J connectivity index is 1.33. The van der Waals surface area contributed by atoms with Crippen molar-refractivity contribution in [2.24, 2.45) is 0 Å². The molecule has 4 aromatic rings. The second-order valence-corrected chi connectivity index (χ2v) is 9.56. The fourth-order valence-corrected chi connectivity index (χ4v) is 4.84. The molecule has 1 aromatic heterocycles. The van der Waals surface area contributed by atoms with E-state index in [-0.39, 0.29) is 17.7 Å². The molecule has 3 amide bonds. The zero-order valence-corrected chi connectivity index (χ0v) is 19.3. The van der Waals surface area contributed by atoms with Gasteiger partial charge in [-0.2, -0.15) is 0 Å².